The van der Waals surface area contributed by atoms with Crippen molar-refractivity contribution in [3.05, 3.63) is 33.8 Å². The SMILES string of the molecule is O=C(O)c1ccc(CNCCC2CCCO2)c(Br)c1. The van der Waals surface area contributed by atoms with Crippen molar-refractivity contribution in [2.75, 3.05) is 13.2 Å². The van der Waals surface area contributed by atoms with Gasteiger partial charge in [-0.15, -0.1) is 0 Å². The second-order valence-electron chi connectivity index (χ2n) is 4.71. The van der Waals surface area contributed by atoms with Gasteiger partial charge in [-0.2, -0.15) is 0 Å². The number of aromatic carboxylic acids is 1. The van der Waals surface area contributed by atoms with Crippen molar-refractivity contribution >= 4 is 21.9 Å². The fourth-order valence-electron chi connectivity index (χ4n) is 2.18. The summed E-state index contributed by atoms with van der Waals surface area (Å²) in [7, 11) is 0. The van der Waals surface area contributed by atoms with E-state index in [1.807, 2.05) is 6.07 Å². The number of halogens is 1. The van der Waals surface area contributed by atoms with Crippen LogP contribution in [0.1, 0.15) is 35.2 Å². The minimum Gasteiger partial charge on any atom is -0.478 e. The van der Waals surface area contributed by atoms with Gasteiger partial charge in [0.2, 0.25) is 0 Å². The van der Waals surface area contributed by atoms with Crippen molar-refractivity contribution in [3.63, 3.8) is 0 Å². The highest BCUT2D eigenvalue weighted by Gasteiger charge is 2.14. The molecule has 5 heteroatoms. The van der Waals surface area contributed by atoms with Crippen LogP contribution < -0.4 is 5.32 Å². The number of rotatable bonds is 6. The predicted octanol–water partition coefficient (Wildman–Crippen LogP) is 2.81. The van der Waals surface area contributed by atoms with Gasteiger partial charge in [0.15, 0.2) is 0 Å². The summed E-state index contributed by atoms with van der Waals surface area (Å²) in [5, 5.41) is 12.2. The molecule has 1 aliphatic heterocycles. The van der Waals surface area contributed by atoms with Crippen molar-refractivity contribution < 1.29 is 14.6 Å². The summed E-state index contributed by atoms with van der Waals surface area (Å²) in [4.78, 5) is 10.8. The zero-order valence-electron chi connectivity index (χ0n) is 10.7. The Hall–Kier alpha value is -0.910. The Balaban J connectivity index is 1.77. The number of benzene rings is 1. The number of ether oxygens (including phenoxy) is 1. The highest BCUT2D eigenvalue weighted by molar-refractivity contribution is 9.10. The first-order valence-corrected chi connectivity index (χ1v) is 7.30. The molecule has 2 N–H and O–H groups in total. The smallest absolute Gasteiger partial charge is 0.335 e. The van der Waals surface area contributed by atoms with Crippen molar-refractivity contribution in [2.45, 2.75) is 31.9 Å². The van der Waals surface area contributed by atoms with E-state index in [0.29, 0.717) is 11.7 Å². The van der Waals surface area contributed by atoms with Crippen LogP contribution in [-0.4, -0.2) is 30.3 Å². The van der Waals surface area contributed by atoms with Crippen LogP contribution >= 0.6 is 15.9 Å². The quantitative estimate of drug-likeness (QED) is 0.789. The Bertz CT molecular complexity index is 444. The highest BCUT2D eigenvalue weighted by Crippen LogP contribution is 2.19. The largest absolute Gasteiger partial charge is 0.478 e. The molecule has 1 aliphatic rings. The zero-order chi connectivity index (χ0) is 13.7. The van der Waals surface area contributed by atoms with E-state index >= 15 is 0 Å². The number of carboxylic acid groups (broad SMARTS) is 1. The molecule has 0 amide bonds. The molecule has 0 aliphatic carbocycles. The molecule has 1 atom stereocenters. The van der Waals surface area contributed by atoms with Crippen LogP contribution in [0.25, 0.3) is 0 Å². The zero-order valence-corrected chi connectivity index (χ0v) is 12.3. The maximum Gasteiger partial charge on any atom is 0.335 e. The molecule has 4 nitrogen and oxygen atoms in total. The molecule has 0 radical (unpaired) electrons. The molecule has 1 saturated heterocycles. The third-order valence-electron chi connectivity index (χ3n) is 3.28. The molecule has 0 aromatic heterocycles. The van der Waals surface area contributed by atoms with E-state index in [4.69, 9.17) is 9.84 Å². The first-order valence-electron chi connectivity index (χ1n) is 6.51. The number of hydrogen-bond donors (Lipinski definition) is 2. The van der Waals surface area contributed by atoms with Crippen molar-refractivity contribution in [1.82, 2.24) is 5.32 Å². The van der Waals surface area contributed by atoms with Gasteiger partial charge in [0.25, 0.3) is 0 Å². The molecule has 2 rings (SSSR count). The summed E-state index contributed by atoms with van der Waals surface area (Å²) in [5.74, 6) is -0.904. The topological polar surface area (TPSA) is 58.6 Å². The minimum atomic E-state index is -0.904. The lowest BCUT2D eigenvalue weighted by atomic mass is 10.1. The maximum atomic E-state index is 10.8. The van der Waals surface area contributed by atoms with Crippen LogP contribution in [0.3, 0.4) is 0 Å². The van der Waals surface area contributed by atoms with E-state index in [1.165, 1.54) is 12.8 Å². The van der Waals surface area contributed by atoms with E-state index in [0.717, 1.165) is 36.2 Å². The van der Waals surface area contributed by atoms with E-state index in [-0.39, 0.29) is 0 Å². The first kappa shape index (κ1) is 14.5. The lowest BCUT2D eigenvalue weighted by Gasteiger charge is -2.11. The monoisotopic (exact) mass is 327 g/mol. The molecular formula is C14H18BrNO3. The molecule has 0 saturated carbocycles. The second-order valence-corrected chi connectivity index (χ2v) is 5.57. The molecule has 1 unspecified atom stereocenters. The Morgan fingerprint density at radius 1 is 1.53 bits per heavy atom. The predicted molar refractivity (Wildman–Crippen MR) is 76.4 cm³/mol. The fourth-order valence-corrected chi connectivity index (χ4v) is 2.70. The summed E-state index contributed by atoms with van der Waals surface area (Å²) < 4.78 is 6.39. The summed E-state index contributed by atoms with van der Waals surface area (Å²) >= 11 is 3.41. The Morgan fingerprint density at radius 3 is 3.00 bits per heavy atom. The maximum absolute atomic E-state index is 10.8. The second kappa shape index (κ2) is 7.03. The molecule has 104 valence electrons. The van der Waals surface area contributed by atoms with Gasteiger partial charge in [-0.3, -0.25) is 0 Å². The Morgan fingerprint density at radius 2 is 2.37 bits per heavy atom. The van der Waals surface area contributed by atoms with Crippen molar-refractivity contribution in [3.8, 4) is 0 Å². The summed E-state index contributed by atoms with van der Waals surface area (Å²) in [6.45, 7) is 2.54. The van der Waals surface area contributed by atoms with Crippen molar-refractivity contribution in [2.24, 2.45) is 0 Å². The average Bonchev–Trinajstić information content (AvgIpc) is 2.89. The molecule has 19 heavy (non-hydrogen) atoms. The van der Waals surface area contributed by atoms with Gasteiger partial charge in [-0.25, -0.2) is 4.79 Å². The van der Waals surface area contributed by atoms with Gasteiger partial charge >= 0.3 is 5.97 Å². The lowest BCUT2D eigenvalue weighted by molar-refractivity contribution is 0.0696. The molecule has 0 bridgehead atoms. The molecule has 1 aromatic carbocycles. The van der Waals surface area contributed by atoms with Crippen LogP contribution in [0.15, 0.2) is 22.7 Å². The van der Waals surface area contributed by atoms with E-state index in [1.54, 1.807) is 12.1 Å². The van der Waals surface area contributed by atoms with Crippen LogP contribution in [-0.2, 0) is 11.3 Å². The Kier molecular flexibility index (Phi) is 5.36. The first-order chi connectivity index (χ1) is 9.16. The summed E-state index contributed by atoms with van der Waals surface area (Å²) in [6.07, 6.45) is 3.78. The van der Waals surface area contributed by atoms with Crippen LogP contribution in [0.2, 0.25) is 0 Å². The van der Waals surface area contributed by atoms with Gasteiger partial charge in [0.1, 0.15) is 0 Å². The molecular weight excluding hydrogens is 310 g/mol. The lowest BCUT2D eigenvalue weighted by Crippen LogP contribution is -2.20. The van der Waals surface area contributed by atoms with E-state index < -0.39 is 5.97 Å². The van der Waals surface area contributed by atoms with Gasteiger partial charge in [-0.1, -0.05) is 22.0 Å². The minimum absolute atomic E-state index is 0.301. The van der Waals surface area contributed by atoms with E-state index in [9.17, 15) is 4.79 Å². The highest BCUT2D eigenvalue weighted by atomic mass is 79.9. The fraction of sp³-hybridized carbons (Fsp3) is 0.500. The Labute approximate surface area is 121 Å². The number of carboxylic acids is 1. The van der Waals surface area contributed by atoms with Gasteiger partial charge in [-0.05, 0) is 43.5 Å². The van der Waals surface area contributed by atoms with Crippen molar-refractivity contribution in [1.29, 1.82) is 0 Å². The van der Waals surface area contributed by atoms with Gasteiger partial charge in [0.05, 0.1) is 11.7 Å². The van der Waals surface area contributed by atoms with Crippen LogP contribution in [0, 0.1) is 0 Å². The van der Waals surface area contributed by atoms with Crippen LogP contribution in [0.5, 0.6) is 0 Å². The summed E-state index contributed by atoms with van der Waals surface area (Å²) in [6, 6.07) is 5.11. The van der Waals surface area contributed by atoms with Crippen LogP contribution in [0.4, 0.5) is 0 Å². The third-order valence-corrected chi connectivity index (χ3v) is 4.02. The molecule has 1 heterocycles. The van der Waals surface area contributed by atoms with Gasteiger partial charge < -0.3 is 15.2 Å². The number of nitrogens with one attached hydrogen (secondary N) is 1. The van der Waals surface area contributed by atoms with E-state index in [2.05, 4.69) is 21.2 Å². The van der Waals surface area contributed by atoms with Gasteiger partial charge in [0, 0.05) is 17.6 Å². The molecule has 1 fully saturated rings. The summed E-state index contributed by atoms with van der Waals surface area (Å²) in [5.41, 5.74) is 1.37. The normalized spacial score (nSPS) is 18.7. The third kappa shape index (κ3) is 4.30. The molecule has 1 aromatic rings. The number of carbonyl (C=O) groups is 1. The average molecular weight is 328 g/mol. The standard InChI is InChI=1S/C14H18BrNO3/c15-13-8-10(14(17)18)3-4-11(13)9-16-6-5-12-2-1-7-19-12/h3-4,8,12,16H,1-2,5-7,9H2,(H,17,18). The number of hydrogen-bond acceptors (Lipinski definition) is 3. The molecule has 0 spiro atoms.